The number of carbonyl (C=O) groups is 1. The second kappa shape index (κ2) is 4.97. The first-order valence-electron chi connectivity index (χ1n) is 4.95. The Bertz CT molecular complexity index is 523. The topological polar surface area (TPSA) is 76.5 Å². The van der Waals surface area contributed by atoms with Crippen molar-refractivity contribution in [1.82, 2.24) is 0 Å². The lowest BCUT2D eigenvalue weighted by Crippen LogP contribution is -2.01. The van der Waals surface area contributed by atoms with Crippen LogP contribution in [0.5, 0.6) is 0 Å². The van der Waals surface area contributed by atoms with E-state index in [0.29, 0.717) is 5.75 Å². The molecule has 2 aromatic rings. The molecule has 0 radical (unpaired) electrons. The third-order valence-electron chi connectivity index (χ3n) is 2.21. The minimum Gasteiger partial charge on any atom is -0.478 e. The maximum Gasteiger partial charge on any atom is 0.337 e. The molecule has 0 aliphatic rings. The minimum absolute atomic E-state index is 0.132. The van der Waals surface area contributed by atoms with Crippen molar-refractivity contribution in [2.24, 2.45) is 0 Å². The summed E-state index contributed by atoms with van der Waals surface area (Å²) in [6.07, 6.45) is 1.62. The summed E-state index contributed by atoms with van der Waals surface area (Å²) >= 11 is 1.55. The van der Waals surface area contributed by atoms with Gasteiger partial charge in [-0.2, -0.15) is 0 Å². The molecular formula is C12H11NO3S. The molecule has 0 amide bonds. The molecule has 4 nitrogen and oxygen atoms in total. The zero-order valence-electron chi connectivity index (χ0n) is 8.92. The van der Waals surface area contributed by atoms with Crippen molar-refractivity contribution in [3.05, 3.63) is 47.9 Å². The summed E-state index contributed by atoms with van der Waals surface area (Å²) in [5.41, 5.74) is 6.07. The Balaban J connectivity index is 2.07. The van der Waals surface area contributed by atoms with Gasteiger partial charge in [0.2, 0.25) is 0 Å². The number of nitrogen functional groups attached to an aromatic ring is 1. The molecule has 0 fully saturated rings. The quantitative estimate of drug-likeness (QED) is 0.643. The maximum absolute atomic E-state index is 10.8. The number of furan rings is 1. The maximum atomic E-state index is 10.8. The first-order chi connectivity index (χ1) is 8.16. The van der Waals surface area contributed by atoms with Gasteiger partial charge in [-0.15, -0.1) is 11.8 Å². The highest BCUT2D eigenvalue weighted by Crippen LogP contribution is 2.26. The fourth-order valence-electron chi connectivity index (χ4n) is 1.37. The summed E-state index contributed by atoms with van der Waals surface area (Å²) in [5, 5.41) is 8.83. The highest BCUT2D eigenvalue weighted by atomic mass is 32.2. The number of hydrogen-bond donors (Lipinski definition) is 2. The number of anilines is 1. The van der Waals surface area contributed by atoms with Crippen molar-refractivity contribution in [1.29, 1.82) is 0 Å². The fraction of sp³-hybridized carbons (Fsp3) is 0.0833. The van der Waals surface area contributed by atoms with E-state index in [1.165, 1.54) is 6.07 Å². The first kappa shape index (κ1) is 11.6. The van der Waals surface area contributed by atoms with Gasteiger partial charge in [0.25, 0.3) is 0 Å². The smallest absolute Gasteiger partial charge is 0.337 e. The molecule has 0 saturated heterocycles. The standard InChI is InChI=1S/C12H11NO3S/c13-11-6-9(3-4-10(11)12(14)15)17-7-8-2-1-5-16-8/h1-6H,7,13H2,(H,14,15). The number of thioether (sulfide) groups is 1. The molecule has 1 aromatic heterocycles. The van der Waals surface area contributed by atoms with Crippen LogP contribution in [0.1, 0.15) is 16.1 Å². The Morgan fingerprint density at radius 1 is 1.41 bits per heavy atom. The van der Waals surface area contributed by atoms with E-state index in [2.05, 4.69) is 0 Å². The van der Waals surface area contributed by atoms with Crippen molar-refractivity contribution < 1.29 is 14.3 Å². The predicted molar refractivity (Wildman–Crippen MR) is 66.1 cm³/mol. The molecule has 0 atom stereocenters. The van der Waals surface area contributed by atoms with Gasteiger partial charge in [0.15, 0.2) is 0 Å². The molecule has 0 spiro atoms. The highest BCUT2D eigenvalue weighted by Gasteiger charge is 2.08. The lowest BCUT2D eigenvalue weighted by atomic mass is 10.2. The van der Waals surface area contributed by atoms with E-state index in [9.17, 15) is 4.79 Å². The summed E-state index contributed by atoms with van der Waals surface area (Å²) < 4.78 is 5.20. The highest BCUT2D eigenvalue weighted by molar-refractivity contribution is 7.98. The van der Waals surface area contributed by atoms with Crippen LogP contribution in [-0.2, 0) is 5.75 Å². The number of benzene rings is 1. The normalized spacial score (nSPS) is 10.4. The lowest BCUT2D eigenvalue weighted by molar-refractivity contribution is 0.0698. The van der Waals surface area contributed by atoms with Gasteiger partial charge < -0.3 is 15.3 Å². The Morgan fingerprint density at radius 2 is 2.24 bits per heavy atom. The van der Waals surface area contributed by atoms with E-state index in [0.717, 1.165) is 10.7 Å². The molecule has 17 heavy (non-hydrogen) atoms. The summed E-state index contributed by atoms with van der Waals surface area (Å²) in [6, 6.07) is 8.65. The largest absolute Gasteiger partial charge is 0.478 e. The van der Waals surface area contributed by atoms with Gasteiger partial charge in [0.1, 0.15) is 5.76 Å². The van der Waals surface area contributed by atoms with Crippen LogP contribution >= 0.6 is 11.8 Å². The summed E-state index contributed by atoms with van der Waals surface area (Å²) in [6.45, 7) is 0. The Kier molecular flexibility index (Phi) is 3.39. The van der Waals surface area contributed by atoms with Gasteiger partial charge in [-0.3, -0.25) is 0 Å². The van der Waals surface area contributed by atoms with Crippen LogP contribution in [0.4, 0.5) is 5.69 Å². The van der Waals surface area contributed by atoms with Crippen LogP contribution in [0.15, 0.2) is 45.9 Å². The van der Waals surface area contributed by atoms with E-state index < -0.39 is 5.97 Å². The number of aromatic carboxylic acids is 1. The second-order valence-corrected chi connectivity index (χ2v) is 4.47. The molecule has 0 aliphatic heterocycles. The van der Waals surface area contributed by atoms with Crippen LogP contribution in [-0.4, -0.2) is 11.1 Å². The molecule has 2 rings (SSSR count). The molecule has 0 saturated carbocycles. The van der Waals surface area contributed by atoms with Gasteiger partial charge in [-0.05, 0) is 30.3 Å². The zero-order valence-corrected chi connectivity index (χ0v) is 9.74. The predicted octanol–water partition coefficient (Wildman–Crippen LogP) is 2.85. The van der Waals surface area contributed by atoms with Crippen LogP contribution < -0.4 is 5.73 Å². The number of carboxylic acids is 1. The monoisotopic (exact) mass is 249 g/mol. The summed E-state index contributed by atoms with van der Waals surface area (Å²) in [7, 11) is 0. The van der Waals surface area contributed by atoms with Crippen molar-refractivity contribution >= 4 is 23.4 Å². The third-order valence-corrected chi connectivity index (χ3v) is 3.23. The molecule has 0 unspecified atom stereocenters. The molecule has 5 heteroatoms. The van der Waals surface area contributed by atoms with Gasteiger partial charge in [0, 0.05) is 10.6 Å². The lowest BCUT2D eigenvalue weighted by Gasteiger charge is -2.04. The van der Waals surface area contributed by atoms with Crippen LogP contribution in [0.2, 0.25) is 0 Å². The summed E-state index contributed by atoms with van der Waals surface area (Å²) in [5.74, 6) is 0.555. The van der Waals surface area contributed by atoms with Gasteiger partial charge in [-0.25, -0.2) is 4.79 Å². The van der Waals surface area contributed by atoms with Gasteiger partial charge in [0.05, 0.1) is 17.6 Å². The van der Waals surface area contributed by atoms with Crippen molar-refractivity contribution in [3.8, 4) is 0 Å². The zero-order chi connectivity index (χ0) is 12.3. The molecule has 0 bridgehead atoms. The molecule has 1 heterocycles. The number of hydrogen-bond acceptors (Lipinski definition) is 4. The molecular weight excluding hydrogens is 238 g/mol. The Labute approximate surface area is 102 Å². The van der Waals surface area contributed by atoms with Crippen molar-refractivity contribution in [2.75, 3.05) is 5.73 Å². The van der Waals surface area contributed by atoms with Crippen LogP contribution in [0.25, 0.3) is 0 Å². The first-order valence-corrected chi connectivity index (χ1v) is 5.93. The molecule has 0 aliphatic carbocycles. The fourth-order valence-corrected chi connectivity index (χ4v) is 2.22. The number of nitrogens with two attached hydrogens (primary N) is 1. The van der Waals surface area contributed by atoms with E-state index in [-0.39, 0.29) is 11.3 Å². The summed E-state index contributed by atoms with van der Waals surface area (Å²) in [4.78, 5) is 11.7. The average Bonchev–Trinajstić information content (AvgIpc) is 2.78. The minimum atomic E-state index is -1.01. The van der Waals surface area contributed by atoms with Crippen molar-refractivity contribution in [3.63, 3.8) is 0 Å². The SMILES string of the molecule is Nc1cc(SCc2ccco2)ccc1C(=O)O. The van der Waals surface area contributed by atoms with Gasteiger partial charge in [-0.1, -0.05) is 0 Å². The van der Waals surface area contributed by atoms with Crippen molar-refractivity contribution in [2.45, 2.75) is 10.6 Å². The molecule has 3 N–H and O–H groups in total. The van der Waals surface area contributed by atoms with Crippen LogP contribution in [0, 0.1) is 0 Å². The van der Waals surface area contributed by atoms with E-state index in [1.807, 2.05) is 12.1 Å². The second-order valence-electron chi connectivity index (χ2n) is 3.42. The molecule has 88 valence electrons. The number of carboxylic acid groups (broad SMARTS) is 1. The van der Waals surface area contributed by atoms with Gasteiger partial charge >= 0.3 is 5.97 Å². The Hall–Kier alpha value is -1.88. The van der Waals surface area contributed by atoms with E-state index in [4.69, 9.17) is 15.3 Å². The Morgan fingerprint density at radius 3 is 2.82 bits per heavy atom. The third kappa shape index (κ3) is 2.82. The molecule has 1 aromatic carbocycles. The number of rotatable bonds is 4. The van der Waals surface area contributed by atoms with Crippen LogP contribution in [0.3, 0.4) is 0 Å². The van der Waals surface area contributed by atoms with E-state index in [1.54, 1.807) is 30.2 Å². The van der Waals surface area contributed by atoms with E-state index >= 15 is 0 Å². The average molecular weight is 249 g/mol.